The maximum Gasteiger partial charge on any atom is 0.137 e. The molecule has 3 aliphatic carbocycles. The number of hydrogen-bond donors (Lipinski definition) is 3. The molecule has 3 N–H and O–H groups in total. The van der Waals surface area contributed by atoms with Crippen LogP contribution < -0.4 is 0 Å². The Hall–Kier alpha value is -1.23. The Labute approximate surface area is 193 Å². The van der Waals surface area contributed by atoms with Crippen molar-refractivity contribution in [1.82, 2.24) is 0 Å². The number of hydrogen-bond acceptors (Lipinski definition) is 3. The van der Waals surface area contributed by atoms with Gasteiger partial charge >= 0.3 is 0 Å². The van der Waals surface area contributed by atoms with Crippen molar-refractivity contribution in [2.45, 2.75) is 103 Å². The summed E-state index contributed by atoms with van der Waals surface area (Å²) < 4.78 is 14.4. The first-order chi connectivity index (χ1) is 14.8. The third kappa shape index (κ3) is 4.98. The first-order valence-electron chi connectivity index (χ1n) is 12.3. The van der Waals surface area contributed by atoms with Gasteiger partial charge in [0.2, 0.25) is 0 Å². The number of fused-ring (bicyclic) bond motifs is 1. The smallest absolute Gasteiger partial charge is 0.137 e. The second-order valence-electron chi connectivity index (χ2n) is 11.5. The molecule has 3 rings (SSSR count). The quantitative estimate of drug-likeness (QED) is 0.467. The standard InChI is InChI=1S/C28H43FO3/c1-18(13-15-28(6,32)26(3,4)29)23-11-12-24-20(8-7-14-27(23,24)5)9-10-21-16-22(30)17-25(31)19(21)2/h9-10,13,15,18,22-25,30-32H,2,7-8,11-12,14,16-17H2,1,3-6H3/b15-13+,20-9?,21-10?/t18-,22-,23-,24?,25+,27-,28-/m1/s1. The van der Waals surface area contributed by atoms with Gasteiger partial charge in [-0.15, -0.1) is 0 Å². The number of halogens is 1. The van der Waals surface area contributed by atoms with E-state index in [9.17, 15) is 19.7 Å². The van der Waals surface area contributed by atoms with Crippen LogP contribution >= 0.6 is 0 Å². The van der Waals surface area contributed by atoms with Gasteiger partial charge in [0.1, 0.15) is 11.3 Å². The van der Waals surface area contributed by atoms with Gasteiger partial charge in [0, 0.05) is 6.42 Å². The summed E-state index contributed by atoms with van der Waals surface area (Å²) >= 11 is 0. The average Bonchev–Trinajstić information content (AvgIpc) is 3.04. The second-order valence-corrected chi connectivity index (χ2v) is 11.5. The van der Waals surface area contributed by atoms with Gasteiger partial charge in [0.15, 0.2) is 0 Å². The summed E-state index contributed by atoms with van der Waals surface area (Å²) in [6.07, 6.45) is 13.4. The van der Waals surface area contributed by atoms with Crippen LogP contribution in [0.15, 0.2) is 47.6 Å². The molecule has 0 saturated heterocycles. The number of aliphatic hydroxyl groups excluding tert-OH is 2. The Balaban J connectivity index is 1.78. The first kappa shape index (κ1) is 25.4. The Morgan fingerprint density at radius 2 is 1.88 bits per heavy atom. The largest absolute Gasteiger partial charge is 0.393 e. The predicted octanol–water partition coefficient (Wildman–Crippen LogP) is 5.82. The van der Waals surface area contributed by atoms with E-state index in [1.54, 1.807) is 6.08 Å². The third-order valence-corrected chi connectivity index (χ3v) is 8.86. The van der Waals surface area contributed by atoms with E-state index in [4.69, 9.17) is 0 Å². The molecule has 0 bridgehead atoms. The molecule has 0 amide bonds. The van der Waals surface area contributed by atoms with Crippen molar-refractivity contribution in [1.29, 1.82) is 0 Å². The van der Waals surface area contributed by atoms with Crippen LogP contribution in [0.4, 0.5) is 4.39 Å². The lowest BCUT2D eigenvalue weighted by Gasteiger charge is -2.44. The van der Waals surface area contributed by atoms with E-state index in [1.165, 1.54) is 32.8 Å². The van der Waals surface area contributed by atoms with Crippen LogP contribution in [0, 0.1) is 23.2 Å². The molecule has 32 heavy (non-hydrogen) atoms. The Bertz CT molecular complexity index is 800. The highest BCUT2D eigenvalue weighted by Crippen LogP contribution is 2.59. The minimum Gasteiger partial charge on any atom is -0.393 e. The fraction of sp³-hybridized carbons (Fsp3) is 0.714. The van der Waals surface area contributed by atoms with E-state index in [2.05, 4.69) is 32.6 Å². The summed E-state index contributed by atoms with van der Waals surface area (Å²) in [5.74, 6) is 1.27. The van der Waals surface area contributed by atoms with Gasteiger partial charge in [0.05, 0.1) is 12.2 Å². The van der Waals surface area contributed by atoms with Gasteiger partial charge in [-0.3, -0.25) is 0 Å². The monoisotopic (exact) mass is 446 g/mol. The molecule has 3 nitrogen and oxygen atoms in total. The van der Waals surface area contributed by atoms with E-state index in [1.807, 2.05) is 6.08 Å². The van der Waals surface area contributed by atoms with Crippen molar-refractivity contribution in [2.24, 2.45) is 23.2 Å². The zero-order valence-corrected chi connectivity index (χ0v) is 20.6. The lowest BCUT2D eigenvalue weighted by molar-refractivity contribution is -0.0332. The van der Waals surface area contributed by atoms with Crippen molar-refractivity contribution in [2.75, 3.05) is 0 Å². The lowest BCUT2D eigenvalue weighted by atomic mass is 9.61. The zero-order valence-electron chi connectivity index (χ0n) is 20.6. The molecule has 0 aromatic carbocycles. The van der Waals surface area contributed by atoms with Gasteiger partial charge in [-0.05, 0) is 93.6 Å². The molecular formula is C28H43FO3. The summed E-state index contributed by atoms with van der Waals surface area (Å²) in [7, 11) is 0. The molecule has 0 aliphatic heterocycles. The van der Waals surface area contributed by atoms with E-state index in [0.29, 0.717) is 24.7 Å². The summed E-state index contributed by atoms with van der Waals surface area (Å²) in [6.45, 7) is 13.0. The molecule has 0 spiro atoms. The molecule has 3 fully saturated rings. The van der Waals surface area contributed by atoms with Crippen LogP contribution in [0.1, 0.15) is 79.6 Å². The molecule has 0 aromatic rings. The molecule has 180 valence electrons. The summed E-state index contributed by atoms with van der Waals surface area (Å²) in [4.78, 5) is 0. The summed E-state index contributed by atoms with van der Waals surface area (Å²) in [5, 5.41) is 30.7. The van der Waals surface area contributed by atoms with Gasteiger partial charge in [-0.25, -0.2) is 4.39 Å². The maximum absolute atomic E-state index is 14.4. The van der Waals surface area contributed by atoms with Gasteiger partial charge in [-0.1, -0.05) is 50.3 Å². The fourth-order valence-corrected chi connectivity index (χ4v) is 6.28. The number of alkyl halides is 1. The van der Waals surface area contributed by atoms with Gasteiger partial charge < -0.3 is 15.3 Å². The van der Waals surface area contributed by atoms with Crippen LogP contribution in [0.3, 0.4) is 0 Å². The molecular weight excluding hydrogens is 403 g/mol. The number of aliphatic hydroxyl groups is 3. The predicted molar refractivity (Wildman–Crippen MR) is 129 cm³/mol. The van der Waals surface area contributed by atoms with Crippen LogP contribution in [-0.2, 0) is 0 Å². The molecule has 0 radical (unpaired) electrons. The van der Waals surface area contributed by atoms with Crippen molar-refractivity contribution < 1.29 is 19.7 Å². The highest BCUT2D eigenvalue weighted by atomic mass is 19.1. The second kappa shape index (κ2) is 9.19. The molecule has 0 heterocycles. The molecule has 1 unspecified atom stereocenters. The molecule has 7 atom stereocenters. The maximum atomic E-state index is 14.4. The minimum atomic E-state index is -1.69. The van der Waals surface area contributed by atoms with Crippen LogP contribution in [0.5, 0.6) is 0 Å². The van der Waals surface area contributed by atoms with Crippen LogP contribution in [0.25, 0.3) is 0 Å². The molecule has 3 saturated carbocycles. The summed E-state index contributed by atoms with van der Waals surface area (Å²) in [6, 6.07) is 0. The minimum absolute atomic E-state index is 0.187. The molecule has 0 aromatic heterocycles. The Morgan fingerprint density at radius 1 is 1.19 bits per heavy atom. The van der Waals surface area contributed by atoms with Crippen molar-refractivity contribution in [3.63, 3.8) is 0 Å². The summed E-state index contributed by atoms with van der Waals surface area (Å²) in [5.41, 5.74) is 0.163. The average molecular weight is 447 g/mol. The Kier molecular flexibility index (Phi) is 7.30. The van der Waals surface area contributed by atoms with E-state index in [-0.39, 0.29) is 11.3 Å². The lowest BCUT2D eigenvalue weighted by Crippen LogP contribution is -2.42. The first-order valence-corrected chi connectivity index (χ1v) is 12.3. The van der Waals surface area contributed by atoms with E-state index in [0.717, 1.165) is 36.8 Å². The highest BCUT2D eigenvalue weighted by molar-refractivity contribution is 5.38. The Morgan fingerprint density at radius 3 is 2.53 bits per heavy atom. The topological polar surface area (TPSA) is 60.7 Å². The third-order valence-electron chi connectivity index (χ3n) is 8.86. The van der Waals surface area contributed by atoms with Crippen molar-refractivity contribution in [3.8, 4) is 0 Å². The zero-order chi connectivity index (χ0) is 23.9. The normalized spacial score (nSPS) is 39.5. The van der Waals surface area contributed by atoms with Gasteiger partial charge in [-0.2, -0.15) is 0 Å². The number of allylic oxidation sites excluding steroid dienone is 4. The van der Waals surface area contributed by atoms with Gasteiger partial charge in [0.25, 0.3) is 0 Å². The van der Waals surface area contributed by atoms with Crippen molar-refractivity contribution >= 4 is 0 Å². The van der Waals surface area contributed by atoms with E-state index >= 15 is 0 Å². The van der Waals surface area contributed by atoms with E-state index < -0.39 is 23.5 Å². The SMILES string of the molecule is C=C1C(=CC=C2CCC[C@@]3(C)C2CC[C@@H]3[C@H](C)/C=C/[C@@](C)(O)C(C)(C)F)C[C@@H](O)C[C@@H]1O. The van der Waals surface area contributed by atoms with Crippen molar-refractivity contribution in [3.05, 3.63) is 47.6 Å². The highest BCUT2D eigenvalue weighted by Gasteiger charge is 2.50. The van der Waals surface area contributed by atoms with Crippen LogP contribution in [0.2, 0.25) is 0 Å². The fourth-order valence-electron chi connectivity index (χ4n) is 6.28. The molecule has 4 heteroatoms. The molecule has 3 aliphatic rings. The number of rotatable bonds is 5. The van der Waals surface area contributed by atoms with Crippen LogP contribution in [-0.4, -0.2) is 38.8 Å².